The molecule has 2 atom stereocenters. The molecule has 208 valence electrons. The SMILES string of the molecule is CCOC(=O)[C@]12CCC=C1N(Cc1ccc(Cl)cc1Cl)C(=O)[C@H](CC(=O)NCc1ccc(OC)c(OC)c1)C2. The third-order valence-corrected chi connectivity index (χ3v) is 7.87. The largest absolute Gasteiger partial charge is 0.493 e. The van der Waals surface area contributed by atoms with Crippen molar-refractivity contribution in [1.82, 2.24) is 10.2 Å². The molecule has 1 N–H and O–H groups in total. The van der Waals surface area contributed by atoms with Crippen LogP contribution >= 0.6 is 23.2 Å². The smallest absolute Gasteiger partial charge is 0.318 e. The van der Waals surface area contributed by atoms with E-state index in [1.165, 1.54) is 0 Å². The van der Waals surface area contributed by atoms with Gasteiger partial charge >= 0.3 is 5.97 Å². The van der Waals surface area contributed by atoms with Crippen molar-refractivity contribution in [3.05, 3.63) is 69.3 Å². The maximum absolute atomic E-state index is 13.8. The molecule has 2 aromatic rings. The van der Waals surface area contributed by atoms with Crippen LogP contribution in [0.15, 0.2) is 48.2 Å². The summed E-state index contributed by atoms with van der Waals surface area (Å²) >= 11 is 12.5. The minimum Gasteiger partial charge on any atom is -0.493 e. The minimum atomic E-state index is -0.989. The van der Waals surface area contributed by atoms with Gasteiger partial charge in [0.25, 0.3) is 0 Å². The minimum absolute atomic E-state index is 0.0641. The number of carbonyl (C=O) groups is 3. The first kappa shape index (κ1) is 28.8. The number of piperidine rings is 1. The number of esters is 1. The summed E-state index contributed by atoms with van der Waals surface area (Å²) < 4.78 is 16.1. The Morgan fingerprint density at radius 3 is 2.56 bits per heavy atom. The summed E-state index contributed by atoms with van der Waals surface area (Å²) in [6, 6.07) is 10.5. The number of methoxy groups -OCH3 is 2. The molecule has 0 bridgehead atoms. The summed E-state index contributed by atoms with van der Waals surface area (Å²) in [6.07, 6.45) is 3.22. The van der Waals surface area contributed by atoms with Crippen LogP contribution in [0.5, 0.6) is 11.5 Å². The molecule has 1 saturated heterocycles. The molecule has 1 fully saturated rings. The highest BCUT2D eigenvalue weighted by molar-refractivity contribution is 6.35. The zero-order chi connectivity index (χ0) is 28.2. The molecular formula is C29H32Cl2N2O6. The monoisotopic (exact) mass is 574 g/mol. The third kappa shape index (κ3) is 6.02. The highest BCUT2D eigenvalue weighted by Gasteiger charge is 2.55. The summed E-state index contributed by atoms with van der Waals surface area (Å²) in [5.41, 5.74) is 1.15. The van der Waals surface area contributed by atoms with Gasteiger partial charge in [0, 0.05) is 34.6 Å². The van der Waals surface area contributed by atoms with E-state index in [4.69, 9.17) is 37.4 Å². The predicted molar refractivity (Wildman–Crippen MR) is 148 cm³/mol. The first-order valence-corrected chi connectivity index (χ1v) is 13.6. The van der Waals surface area contributed by atoms with Gasteiger partial charge in [-0.05, 0) is 61.6 Å². The highest BCUT2D eigenvalue weighted by atomic mass is 35.5. The lowest BCUT2D eigenvalue weighted by molar-refractivity contribution is -0.161. The van der Waals surface area contributed by atoms with E-state index in [1.807, 2.05) is 12.1 Å². The Morgan fingerprint density at radius 2 is 1.87 bits per heavy atom. The number of nitrogens with zero attached hydrogens (tertiary/aromatic N) is 1. The van der Waals surface area contributed by atoms with Gasteiger partial charge in [0.15, 0.2) is 11.5 Å². The lowest BCUT2D eigenvalue weighted by atomic mass is 9.71. The Kier molecular flexibility index (Phi) is 9.08. The number of benzene rings is 2. The van der Waals surface area contributed by atoms with Crippen LogP contribution in [-0.2, 0) is 32.2 Å². The van der Waals surface area contributed by atoms with Crippen LogP contribution in [-0.4, -0.2) is 43.5 Å². The van der Waals surface area contributed by atoms with Crippen molar-refractivity contribution in [3.8, 4) is 11.5 Å². The van der Waals surface area contributed by atoms with Crippen LogP contribution in [0.25, 0.3) is 0 Å². The second kappa shape index (κ2) is 12.3. The van der Waals surface area contributed by atoms with E-state index in [1.54, 1.807) is 56.4 Å². The second-order valence-corrected chi connectivity index (χ2v) is 10.5. The summed E-state index contributed by atoms with van der Waals surface area (Å²) in [6.45, 7) is 2.39. The fourth-order valence-electron chi connectivity index (χ4n) is 5.39. The van der Waals surface area contributed by atoms with Crippen LogP contribution in [0.4, 0.5) is 0 Å². The van der Waals surface area contributed by atoms with Gasteiger partial charge in [-0.2, -0.15) is 0 Å². The van der Waals surface area contributed by atoms with Crippen LogP contribution < -0.4 is 14.8 Å². The molecule has 1 aliphatic carbocycles. The number of carbonyl (C=O) groups excluding carboxylic acids is 3. The first-order chi connectivity index (χ1) is 18.7. The Balaban J connectivity index is 1.55. The van der Waals surface area contributed by atoms with E-state index in [0.29, 0.717) is 45.6 Å². The van der Waals surface area contributed by atoms with Gasteiger partial charge in [-0.3, -0.25) is 14.4 Å². The lowest BCUT2D eigenvalue weighted by Crippen LogP contribution is -2.52. The van der Waals surface area contributed by atoms with Crippen LogP contribution in [0.1, 0.15) is 43.7 Å². The number of fused-ring (bicyclic) bond motifs is 1. The average Bonchev–Trinajstić information content (AvgIpc) is 3.35. The number of rotatable bonds is 10. The average molecular weight is 575 g/mol. The maximum Gasteiger partial charge on any atom is 0.318 e. The van der Waals surface area contributed by atoms with E-state index < -0.39 is 11.3 Å². The Morgan fingerprint density at radius 1 is 1.10 bits per heavy atom. The van der Waals surface area contributed by atoms with E-state index in [0.717, 1.165) is 5.56 Å². The highest BCUT2D eigenvalue weighted by Crippen LogP contribution is 2.51. The first-order valence-electron chi connectivity index (χ1n) is 12.8. The van der Waals surface area contributed by atoms with Gasteiger partial charge in [0.1, 0.15) is 5.41 Å². The Bertz CT molecular complexity index is 1300. The van der Waals surface area contributed by atoms with E-state index in [2.05, 4.69) is 5.32 Å². The molecule has 0 aromatic heterocycles. The molecule has 4 rings (SSSR count). The maximum atomic E-state index is 13.8. The third-order valence-electron chi connectivity index (χ3n) is 7.28. The number of ether oxygens (including phenoxy) is 3. The van der Waals surface area contributed by atoms with Crippen molar-refractivity contribution in [1.29, 1.82) is 0 Å². The van der Waals surface area contributed by atoms with Crippen molar-refractivity contribution in [3.63, 3.8) is 0 Å². The molecule has 2 amide bonds. The predicted octanol–water partition coefficient (Wildman–Crippen LogP) is 5.29. The van der Waals surface area contributed by atoms with Crippen LogP contribution in [0, 0.1) is 11.3 Å². The molecule has 0 unspecified atom stereocenters. The van der Waals surface area contributed by atoms with Crippen molar-refractivity contribution in [2.75, 3.05) is 20.8 Å². The van der Waals surface area contributed by atoms with Gasteiger partial charge in [0.05, 0.1) is 27.4 Å². The van der Waals surface area contributed by atoms with Gasteiger partial charge < -0.3 is 24.4 Å². The molecular weight excluding hydrogens is 543 g/mol. The normalized spacial score (nSPS) is 20.2. The summed E-state index contributed by atoms with van der Waals surface area (Å²) in [5.74, 6) is -0.455. The summed E-state index contributed by atoms with van der Waals surface area (Å²) in [7, 11) is 3.10. The molecule has 1 heterocycles. The van der Waals surface area contributed by atoms with Crippen LogP contribution in [0.3, 0.4) is 0 Å². The summed E-state index contributed by atoms with van der Waals surface area (Å²) in [4.78, 5) is 41.7. The van der Waals surface area contributed by atoms with Crippen molar-refractivity contribution >= 4 is 41.0 Å². The number of nitrogens with one attached hydrogen (secondary N) is 1. The molecule has 8 nitrogen and oxygen atoms in total. The summed E-state index contributed by atoms with van der Waals surface area (Å²) in [5, 5.41) is 3.80. The number of amides is 2. The van der Waals surface area contributed by atoms with Gasteiger partial charge in [-0.25, -0.2) is 0 Å². The number of allylic oxidation sites excluding steroid dienone is 1. The standard InChI is InChI=1S/C29H32Cl2N2O6/c1-4-39-28(36)29-11-5-6-25(29)33(17-19-8-9-21(30)14-22(19)31)27(35)20(15-29)13-26(34)32-16-18-7-10-23(37-2)24(12-18)38-3/h6-10,12,14,20H,4-5,11,13,15-17H2,1-3H3,(H,32,34)/t20-,29+/m1/s1. The molecule has 39 heavy (non-hydrogen) atoms. The number of likely N-dealkylation sites (tertiary alicyclic amines) is 1. The lowest BCUT2D eigenvalue weighted by Gasteiger charge is -2.44. The molecule has 0 radical (unpaired) electrons. The van der Waals surface area contributed by atoms with Crippen molar-refractivity contribution < 1.29 is 28.6 Å². The van der Waals surface area contributed by atoms with Crippen molar-refractivity contribution in [2.45, 2.75) is 45.7 Å². The Hall–Kier alpha value is -3.23. The van der Waals surface area contributed by atoms with Gasteiger partial charge in [-0.1, -0.05) is 41.4 Å². The van der Waals surface area contributed by atoms with Gasteiger partial charge in [0.2, 0.25) is 11.8 Å². The molecule has 1 aliphatic heterocycles. The molecule has 0 saturated carbocycles. The zero-order valence-corrected chi connectivity index (χ0v) is 23.7. The molecule has 2 aromatic carbocycles. The fraction of sp³-hybridized carbons (Fsp3) is 0.414. The second-order valence-electron chi connectivity index (χ2n) is 9.66. The van der Waals surface area contributed by atoms with E-state index >= 15 is 0 Å². The quantitative estimate of drug-likeness (QED) is 0.387. The number of hydrogen-bond acceptors (Lipinski definition) is 6. The molecule has 10 heteroatoms. The Labute approximate surface area is 238 Å². The van der Waals surface area contributed by atoms with E-state index in [-0.39, 0.29) is 50.3 Å². The van der Waals surface area contributed by atoms with Crippen molar-refractivity contribution in [2.24, 2.45) is 11.3 Å². The fourth-order valence-corrected chi connectivity index (χ4v) is 5.86. The van der Waals surface area contributed by atoms with E-state index in [9.17, 15) is 14.4 Å². The topological polar surface area (TPSA) is 94.2 Å². The van der Waals surface area contributed by atoms with Crippen LogP contribution in [0.2, 0.25) is 10.0 Å². The molecule has 0 spiro atoms. The molecule has 2 aliphatic rings. The number of hydrogen-bond donors (Lipinski definition) is 1. The zero-order valence-electron chi connectivity index (χ0n) is 22.2. The number of halogens is 2. The van der Waals surface area contributed by atoms with Gasteiger partial charge in [-0.15, -0.1) is 0 Å².